The van der Waals surface area contributed by atoms with Gasteiger partial charge >= 0.3 is 0 Å². The van der Waals surface area contributed by atoms with Crippen LogP contribution in [0.3, 0.4) is 0 Å². The van der Waals surface area contributed by atoms with E-state index in [1.165, 1.54) is 12.2 Å². The van der Waals surface area contributed by atoms with E-state index in [2.05, 4.69) is 58.9 Å². The number of nitrogens with zero attached hydrogens (tertiary/aromatic N) is 4. The Morgan fingerprint density at radius 3 is 2.89 bits per heavy atom. The molecule has 0 bridgehead atoms. The summed E-state index contributed by atoms with van der Waals surface area (Å²) in [6.45, 7) is 10.6. The minimum absolute atomic E-state index is 0.609. The maximum atomic E-state index is 4.48. The van der Waals surface area contributed by atoms with Gasteiger partial charge in [0, 0.05) is 45.3 Å². The first-order chi connectivity index (χ1) is 9.10. The van der Waals surface area contributed by atoms with Gasteiger partial charge in [-0.1, -0.05) is 0 Å². The molecule has 5 heteroatoms. The fourth-order valence-electron chi connectivity index (χ4n) is 2.70. The lowest BCUT2D eigenvalue weighted by molar-refractivity contribution is 0.113. The largest absolute Gasteiger partial charge is 0.310 e. The second-order valence-electron chi connectivity index (χ2n) is 5.62. The minimum Gasteiger partial charge on any atom is -0.310 e. The van der Waals surface area contributed by atoms with E-state index >= 15 is 0 Å². The topological polar surface area (TPSA) is 36.3 Å². The first kappa shape index (κ1) is 14.5. The van der Waals surface area contributed by atoms with E-state index < -0.39 is 0 Å². The molecule has 0 saturated carbocycles. The number of hydrogen-bond acceptors (Lipinski definition) is 4. The molecule has 1 aliphatic heterocycles. The fraction of sp³-hybridized carbons (Fsp3) is 0.786. The number of piperazine rings is 1. The first-order valence-corrected chi connectivity index (χ1v) is 7.23. The molecular weight excluding hydrogens is 238 g/mol. The summed E-state index contributed by atoms with van der Waals surface area (Å²) in [4.78, 5) is 4.86. The molecule has 1 saturated heterocycles. The average molecular weight is 265 g/mol. The van der Waals surface area contributed by atoms with Crippen molar-refractivity contribution in [1.82, 2.24) is 24.9 Å². The van der Waals surface area contributed by atoms with Crippen LogP contribution in [0.4, 0.5) is 0 Å². The zero-order valence-electron chi connectivity index (χ0n) is 12.7. The fourth-order valence-corrected chi connectivity index (χ4v) is 2.70. The lowest BCUT2D eigenvalue weighted by Gasteiger charge is -2.37. The highest BCUT2D eigenvalue weighted by atomic mass is 15.3. The SMILES string of the molecule is CCn1nc(C)cc1CNCC1CN(C)CCN1C. The van der Waals surface area contributed by atoms with Crippen molar-refractivity contribution < 1.29 is 0 Å². The second-order valence-corrected chi connectivity index (χ2v) is 5.62. The second kappa shape index (κ2) is 6.50. The predicted molar refractivity (Wildman–Crippen MR) is 78.3 cm³/mol. The Morgan fingerprint density at radius 1 is 1.37 bits per heavy atom. The van der Waals surface area contributed by atoms with E-state index in [0.29, 0.717) is 6.04 Å². The molecule has 1 aromatic heterocycles. The van der Waals surface area contributed by atoms with Gasteiger partial charge in [0.05, 0.1) is 11.4 Å². The average Bonchev–Trinajstić information content (AvgIpc) is 2.74. The molecule has 1 unspecified atom stereocenters. The highest BCUT2D eigenvalue weighted by molar-refractivity contribution is 5.08. The first-order valence-electron chi connectivity index (χ1n) is 7.23. The van der Waals surface area contributed by atoms with E-state index in [0.717, 1.165) is 38.4 Å². The van der Waals surface area contributed by atoms with Crippen molar-refractivity contribution in [1.29, 1.82) is 0 Å². The summed E-state index contributed by atoms with van der Waals surface area (Å²) in [6.07, 6.45) is 0. The Morgan fingerprint density at radius 2 is 2.16 bits per heavy atom. The number of nitrogens with one attached hydrogen (secondary N) is 1. The molecule has 0 spiro atoms. The molecular formula is C14H27N5. The third-order valence-corrected chi connectivity index (χ3v) is 3.95. The van der Waals surface area contributed by atoms with Gasteiger partial charge in [-0.2, -0.15) is 5.10 Å². The normalized spacial score (nSPS) is 22.0. The maximum absolute atomic E-state index is 4.48. The molecule has 1 aromatic rings. The van der Waals surface area contributed by atoms with Crippen LogP contribution < -0.4 is 5.32 Å². The molecule has 0 aromatic carbocycles. The number of aryl methyl sites for hydroxylation is 2. The van der Waals surface area contributed by atoms with Gasteiger partial charge in [0.15, 0.2) is 0 Å². The summed E-state index contributed by atoms with van der Waals surface area (Å²) in [5.74, 6) is 0. The van der Waals surface area contributed by atoms with Crippen LogP contribution in [0.2, 0.25) is 0 Å². The standard InChI is InChI=1S/C14H27N5/c1-5-19-13(8-12(2)16-19)9-15-10-14-11-17(3)6-7-18(14)4/h8,14-15H,5-7,9-11H2,1-4H3. The van der Waals surface area contributed by atoms with Crippen molar-refractivity contribution in [2.45, 2.75) is 33.0 Å². The van der Waals surface area contributed by atoms with Gasteiger partial charge in [0.2, 0.25) is 0 Å². The minimum atomic E-state index is 0.609. The number of hydrogen-bond donors (Lipinski definition) is 1. The highest BCUT2D eigenvalue weighted by Gasteiger charge is 2.21. The molecule has 0 aliphatic carbocycles. The smallest absolute Gasteiger partial charge is 0.0597 e. The number of aromatic nitrogens is 2. The highest BCUT2D eigenvalue weighted by Crippen LogP contribution is 2.06. The molecule has 5 nitrogen and oxygen atoms in total. The van der Waals surface area contributed by atoms with Crippen LogP contribution >= 0.6 is 0 Å². The molecule has 0 radical (unpaired) electrons. The Hall–Kier alpha value is -0.910. The van der Waals surface area contributed by atoms with Crippen LogP contribution in [0.25, 0.3) is 0 Å². The molecule has 1 aliphatic rings. The number of rotatable bonds is 5. The Kier molecular flexibility index (Phi) is 4.96. The molecule has 1 N–H and O–H groups in total. The molecule has 0 amide bonds. The molecule has 2 heterocycles. The van der Waals surface area contributed by atoms with Crippen molar-refractivity contribution in [2.75, 3.05) is 40.3 Å². The van der Waals surface area contributed by atoms with Gasteiger partial charge in [-0.3, -0.25) is 9.58 Å². The van der Waals surface area contributed by atoms with Gasteiger partial charge in [0.1, 0.15) is 0 Å². The summed E-state index contributed by atoms with van der Waals surface area (Å²) in [6, 6.07) is 2.78. The van der Waals surface area contributed by atoms with Crippen LogP contribution in [0.5, 0.6) is 0 Å². The molecule has 1 fully saturated rings. The Labute approximate surface area is 116 Å². The number of likely N-dealkylation sites (N-methyl/N-ethyl adjacent to an activating group) is 2. The van der Waals surface area contributed by atoms with E-state index in [4.69, 9.17) is 0 Å². The van der Waals surface area contributed by atoms with E-state index in [-0.39, 0.29) is 0 Å². The predicted octanol–water partition coefficient (Wildman–Crippen LogP) is 0.547. The summed E-state index contributed by atoms with van der Waals surface area (Å²) in [5, 5.41) is 8.06. The van der Waals surface area contributed by atoms with Crippen molar-refractivity contribution in [3.8, 4) is 0 Å². The van der Waals surface area contributed by atoms with Crippen molar-refractivity contribution in [3.63, 3.8) is 0 Å². The van der Waals surface area contributed by atoms with Crippen LogP contribution in [0.1, 0.15) is 18.3 Å². The summed E-state index contributed by atoms with van der Waals surface area (Å²) in [7, 11) is 4.43. The molecule has 1 atom stereocenters. The van der Waals surface area contributed by atoms with Gasteiger partial charge < -0.3 is 10.2 Å². The van der Waals surface area contributed by atoms with Crippen molar-refractivity contribution in [3.05, 3.63) is 17.5 Å². The van der Waals surface area contributed by atoms with Crippen LogP contribution in [-0.4, -0.2) is 65.9 Å². The molecule has 108 valence electrons. The van der Waals surface area contributed by atoms with Gasteiger partial charge in [0.25, 0.3) is 0 Å². The van der Waals surface area contributed by atoms with Gasteiger partial charge in [-0.05, 0) is 34.0 Å². The van der Waals surface area contributed by atoms with Gasteiger partial charge in [-0.25, -0.2) is 0 Å². The lowest BCUT2D eigenvalue weighted by Crippen LogP contribution is -2.53. The van der Waals surface area contributed by atoms with Crippen LogP contribution in [-0.2, 0) is 13.1 Å². The summed E-state index contributed by atoms with van der Waals surface area (Å²) < 4.78 is 2.08. The summed E-state index contributed by atoms with van der Waals surface area (Å²) >= 11 is 0. The molecule has 19 heavy (non-hydrogen) atoms. The van der Waals surface area contributed by atoms with Crippen molar-refractivity contribution >= 4 is 0 Å². The van der Waals surface area contributed by atoms with Crippen LogP contribution in [0, 0.1) is 6.92 Å². The van der Waals surface area contributed by atoms with Crippen molar-refractivity contribution in [2.24, 2.45) is 0 Å². The zero-order valence-corrected chi connectivity index (χ0v) is 12.7. The monoisotopic (exact) mass is 265 g/mol. The third kappa shape index (κ3) is 3.78. The van der Waals surface area contributed by atoms with E-state index in [1.54, 1.807) is 0 Å². The maximum Gasteiger partial charge on any atom is 0.0597 e. The Balaban J connectivity index is 1.82. The third-order valence-electron chi connectivity index (χ3n) is 3.95. The van der Waals surface area contributed by atoms with Gasteiger partial charge in [-0.15, -0.1) is 0 Å². The summed E-state index contributed by atoms with van der Waals surface area (Å²) in [5.41, 5.74) is 2.39. The zero-order chi connectivity index (χ0) is 13.8. The van der Waals surface area contributed by atoms with E-state index in [1.807, 2.05) is 0 Å². The van der Waals surface area contributed by atoms with Crippen LogP contribution in [0.15, 0.2) is 6.07 Å². The quantitative estimate of drug-likeness (QED) is 0.843. The Bertz CT molecular complexity index is 401. The lowest BCUT2D eigenvalue weighted by atomic mass is 10.2. The molecule has 2 rings (SSSR count). The van der Waals surface area contributed by atoms with E-state index in [9.17, 15) is 0 Å².